The fraction of sp³-hybridized carbons (Fsp3) is 0.444. The van der Waals surface area contributed by atoms with E-state index in [1.165, 1.54) is 17.1 Å². The Bertz CT molecular complexity index is 420. The van der Waals surface area contributed by atoms with Crippen molar-refractivity contribution in [3.63, 3.8) is 0 Å². The number of carbonyl (C=O) groups excluding carboxylic acids is 1. The number of amides is 1. The summed E-state index contributed by atoms with van der Waals surface area (Å²) in [5, 5.41) is 12.6. The first-order chi connectivity index (χ1) is 7.61. The van der Waals surface area contributed by atoms with E-state index in [4.69, 9.17) is 5.11 Å². The van der Waals surface area contributed by atoms with Gasteiger partial charge in [-0.05, 0) is 0 Å². The molecule has 7 heteroatoms. The molecule has 0 radical (unpaired) electrons. The standard InChI is InChI=1S/C9H10FN3O3/c10-7-3-12(9(15)16)4-8(7)13-2-6(5-14)1-11-13/h1-2,5,7-8H,3-4H2,(H,15,16)/t7-,8-/m1/s1. The molecule has 86 valence electrons. The van der Waals surface area contributed by atoms with E-state index < -0.39 is 18.3 Å². The largest absolute Gasteiger partial charge is 0.465 e. The number of aldehydes is 1. The van der Waals surface area contributed by atoms with Crippen molar-refractivity contribution in [1.82, 2.24) is 14.7 Å². The van der Waals surface area contributed by atoms with Crippen LogP contribution >= 0.6 is 0 Å². The van der Waals surface area contributed by atoms with Gasteiger partial charge in [0.2, 0.25) is 0 Å². The van der Waals surface area contributed by atoms with Gasteiger partial charge in [0.1, 0.15) is 12.2 Å². The third kappa shape index (κ3) is 1.75. The van der Waals surface area contributed by atoms with Crippen LogP contribution in [-0.4, -0.2) is 51.4 Å². The second-order valence-corrected chi connectivity index (χ2v) is 3.64. The SMILES string of the molecule is O=Cc1cnn([C@@H]2CN(C(=O)O)C[C@H]2F)c1. The monoisotopic (exact) mass is 227 g/mol. The maximum absolute atomic E-state index is 13.5. The lowest BCUT2D eigenvalue weighted by Crippen LogP contribution is -2.27. The fourth-order valence-electron chi connectivity index (χ4n) is 1.75. The first-order valence-corrected chi connectivity index (χ1v) is 4.73. The molecular formula is C9H10FN3O3. The van der Waals surface area contributed by atoms with E-state index in [0.717, 1.165) is 4.90 Å². The Morgan fingerprint density at radius 2 is 2.38 bits per heavy atom. The molecule has 1 saturated heterocycles. The van der Waals surface area contributed by atoms with Gasteiger partial charge in [-0.15, -0.1) is 0 Å². The molecule has 1 N–H and O–H groups in total. The highest BCUT2D eigenvalue weighted by Crippen LogP contribution is 2.24. The molecule has 2 atom stereocenters. The van der Waals surface area contributed by atoms with Crippen molar-refractivity contribution in [2.24, 2.45) is 0 Å². The molecule has 1 fully saturated rings. The maximum atomic E-state index is 13.5. The van der Waals surface area contributed by atoms with Gasteiger partial charge < -0.3 is 10.0 Å². The maximum Gasteiger partial charge on any atom is 0.407 e. The first kappa shape index (κ1) is 10.6. The molecule has 1 aliphatic rings. The zero-order valence-corrected chi connectivity index (χ0v) is 8.28. The van der Waals surface area contributed by atoms with Crippen LogP contribution in [0.1, 0.15) is 16.4 Å². The van der Waals surface area contributed by atoms with Gasteiger partial charge in [0.15, 0.2) is 6.29 Å². The van der Waals surface area contributed by atoms with Gasteiger partial charge in [0.05, 0.1) is 18.3 Å². The van der Waals surface area contributed by atoms with Gasteiger partial charge >= 0.3 is 6.09 Å². The molecule has 0 aliphatic carbocycles. The Morgan fingerprint density at radius 1 is 1.62 bits per heavy atom. The van der Waals surface area contributed by atoms with E-state index in [1.807, 2.05) is 0 Å². The van der Waals surface area contributed by atoms with Crippen LogP contribution in [0.15, 0.2) is 12.4 Å². The molecule has 0 aromatic carbocycles. The Morgan fingerprint density at radius 3 is 2.88 bits per heavy atom. The highest BCUT2D eigenvalue weighted by Gasteiger charge is 2.37. The van der Waals surface area contributed by atoms with E-state index in [9.17, 15) is 14.0 Å². The van der Waals surface area contributed by atoms with Crippen molar-refractivity contribution in [2.75, 3.05) is 13.1 Å². The van der Waals surface area contributed by atoms with Crippen LogP contribution < -0.4 is 0 Å². The average molecular weight is 227 g/mol. The third-order valence-electron chi connectivity index (χ3n) is 2.59. The van der Waals surface area contributed by atoms with Crippen LogP contribution in [0.4, 0.5) is 9.18 Å². The number of halogens is 1. The van der Waals surface area contributed by atoms with Crippen LogP contribution in [0.25, 0.3) is 0 Å². The van der Waals surface area contributed by atoms with Crippen molar-refractivity contribution < 1.29 is 19.1 Å². The van der Waals surface area contributed by atoms with Crippen molar-refractivity contribution in [3.05, 3.63) is 18.0 Å². The number of carbonyl (C=O) groups is 2. The number of likely N-dealkylation sites (tertiary alicyclic amines) is 1. The summed E-state index contributed by atoms with van der Waals surface area (Å²) in [7, 11) is 0. The van der Waals surface area contributed by atoms with E-state index in [0.29, 0.717) is 11.8 Å². The Balaban J connectivity index is 2.16. The number of carboxylic acid groups (broad SMARTS) is 1. The molecule has 16 heavy (non-hydrogen) atoms. The predicted molar refractivity (Wildman–Crippen MR) is 51.1 cm³/mol. The molecule has 0 unspecified atom stereocenters. The first-order valence-electron chi connectivity index (χ1n) is 4.73. The predicted octanol–water partition coefficient (Wildman–Crippen LogP) is 0.568. The molecule has 1 aliphatic heterocycles. The molecule has 2 rings (SSSR count). The van der Waals surface area contributed by atoms with Crippen molar-refractivity contribution >= 4 is 12.4 Å². The number of nitrogens with zero attached hydrogens (tertiary/aromatic N) is 3. The van der Waals surface area contributed by atoms with Crippen molar-refractivity contribution in [3.8, 4) is 0 Å². The number of rotatable bonds is 2. The Kier molecular flexibility index (Phi) is 2.59. The number of hydrogen-bond donors (Lipinski definition) is 1. The number of aromatic nitrogens is 2. The van der Waals surface area contributed by atoms with Gasteiger partial charge in [-0.25, -0.2) is 9.18 Å². The molecule has 1 aromatic heterocycles. The quantitative estimate of drug-likeness (QED) is 0.749. The summed E-state index contributed by atoms with van der Waals surface area (Å²) in [4.78, 5) is 22.1. The van der Waals surface area contributed by atoms with Crippen LogP contribution in [0.2, 0.25) is 0 Å². The zero-order valence-electron chi connectivity index (χ0n) is 8.28. The second-order valence-electron chi connectivity index (χ2n) is 3.64. The van der Waals surface area contributed by atoms with Crippen LogP contribution in [-0.2, 0) is 0 Å². The summed E-state index contributed by atoms with van der Waals surface area (Å²) < 4.78 is 14.8. The van der Waals surface area contributed by atoms with Gasteiger partial charge in [-0.2, -0.15) is 5.10 Å². The van der Waals surface area contributed by atoms with E-state index in [-0.39, 0.29) is 13.1 Å². The highest BCUT2D eigenvalue weighted by atomic mass is 19.1. The molecule has 6 nitrogen and oxygen atoms in total. The molecule has 0 spiro atoms. The van der Waals surface area contributed by atoms with Crippen LogP contribution in [0.3, 0.4) is 0 Å². The van der Waals surface area contributed by atoms with E-state index in [1.54, 1.807) is 0 Å². The van der Waals surface area contributed by atoms with Crippen molar-refractivity contribution in [2.45, 2.75) is 12.2 Å². The summed E-state index contributed by atoms with van der Waals surface area (Å²) in [6.07, 6.45) is 0.905. The number of alkyl halides is 1. The summed E-state index contributed by atoms with van der Waals surface area (Å²) in [5.41, 5.74) is 0.348. The Hall–Kier alpha value is -1.92. The molecule has 2 heterocycles. The molecular weight excluding hydrogens is 217 g/mol. The lowest BCUT2D eigenvalue weighted by Gasteiger charge is -2.12. The summed E-state index contributed by atoms with van der Waals surface area (Å²) in [5.74, 6) is 0. The number of hydrogen-bond acceptors (Lipinski definition) is 3. The van der Waals surface area contributed by atoms with Crippen molar-refractivity contribution in [1.29, 1.82) is 0 Å². The minimum Gasteiger partial charge on any atom is -0.465 e. The topological polar surface area (TPSA) is 75.4 Å². The third-order valence-corrected chi connectivity index (χ3v) is 2.59. The fourth-order valence-corrected chi connectivity index (χ4v) is 1.75. The zero-order chi connectivity index (χ0) is 11.7. The minimum atomic E-state index is -1.30. The van der Waals surface area contributed by atoms with Crippen LogP contribution in [0, 0.1) is 0 Å². The van der Waals surface area contributed by atoms with Crippen LogP contribution in [0.5, 0.6) is 0 Å². The highest BCUT2D eigenvalue weighted by molar-refractivity contribution is 5.73. The lowest BCUT2D eigenvalue weighted by atomic mass is 10.2. The van der Waals surface area contributed by atoms with Gasteiger partial charge in [-0.1, -0.05) is 0 Å². The summed E-state index contributed by atoms with van der Waals surface area (Å²) >= 11 is 0. The van der Waals surface area contributed by atoms with E-state index in [2.05, 4.69) is 5.10 Å². The second kappa shape index (κ2) is 3.92. The lowest BCUT2D eigenvalue weighted by molar-refractivity contribution is 0.112. The molecule has 0 saturated carbocycles. The Labute approximate surface area is 90.3 Å². The normalized spacial score (nSPS) is 24.7. The minimum absolute atomic E-state index is 0.0521. The van der Waals surface area contributed by atoms with Gasteiger partial charge in [-0.3, -0.25) is 9.48 Å². The smallest absolute Gasteiger partial charge is 0.407 e. The average Bonchev–Trinajstić information content (AvgIpc) is 2.83. The van der Waals surface area contributed by atoms with E-state index >= 15 is 0 Å². The molecule has 0 bridgehead atoms. The van der Waals surface area contributed by atoms with Gasteiger partial charge in [0, 0.05) is 12.7 Å². The molecule has 1 aromatic rings. The van der Waals surface area contributed by atoms with Gasteiger partial charge in [0.25, 0.3) is 0 Å². The summed E-state index contributed by atoms with van der Waals surface area (Å²) in [6, 6.07) is -0.648. The molecule has 1 amide bonds. The summed E-state index contributed by atoms with van der Waals surface area (Å²) in [6.45, 7) is -0.104.